The zero-order valence-corrected chi connectivity index (χ0v) is 7.90. The van der Waals surface area contributed by atoms with E-state index in [4.69, 9.17) is 0 Å². The van der Waals surface area contributed by atoms with Crippen LogP contribution in [0.3, 0.4) is 0 Å². The topological polar surface area (TPSA) is 32.3 Å². The minimum atomic E-state index is -4.31. The molecule has 0 aromatic rings. The molecule has 0 radical (unpaired) electrons. The molecule has 1 fully saturated rings. The fourth-order valence-electron chi connectivity index (χ4n) is 1.52. The molecule has 1 saturated heterocycles. The molecule has 1 aliphatic rings. The largest absolute Gasteiger partial charge is 0.406 e. The van der Waals surface area contributed by atoms with Crippen LogP contribution in [0.15, 0.2) is 0 Å². The molecule has 14 heavy (non-hydrogen) atoms. The zero-order chi connectivity index (χ0) is 10.8. The molecule has 1 atom stereocenters. The number of nitrogens with zero attached hydrogens (tertiary/aromatic N) is 1. The van der Waals surface area contributed by atoms with Crippen LogP contribution in [0.1, 0.15) is 6.42 Å². The van der Waals surface area contributed by atoms with E-state index in [2.05, 4.69) is 5.32 Å². The summed E-state index contributed by atoms with van der Waals surface area (Å²) >= 11 is 0. The summed E-state index contributed by atoms with van der Waals surface area (Å²) in [6.07, 6.45) is -3.68. The van der Waals surface area contributed by atoms with E-state index in [-0.39, 0.29) is 5.92 Å². The van der Waals surface area contributed by atoms with Gasteiger partial charge in [0.15, 0.2) is 0 Å². The van der Waals surface area contributed by atoms with Crippen molar-refractivity contribution in [1.82, 2.24) is 10.2 Å². The number of rotatable bonds is 2. The summed E-state index contributed by atoms with van der Waals surface area (Å²) in [5.41, 5.74) is 0. The van der Waals surface area contributed by atoms with Crippen molar-refractivity contribution >= 4 is 5.91 Å². The average Bonchev–Trinajstić information content (AvgIpc) is 2.51. The summed E-state index contributed by atoms with van der Waals surface area (Å²) in [7, 11) is 1.19. The third-order valence-corrected chi connectivity index (χ3v) is 2.20. The molecule has 82 valence electrons. The van der Waals surface area contributed by atoms with E-state index < -0.39 is 18.6 Å². The van der Waals surface area contributed by atoms with Gasteiger partial charge in [-0.2, -0.15) is 13.2 Å². The van der Waals surface area contributed by atoms with Crippen molar-refractivity contribution in [2.75, 3.05) is 26.7 Å². The molecule has 0 saturated carbocycles. The molecule has 0 spiro atoms. The second kappa shape index (κ2) is 4.16. The molecular weight excluding hydrogens is 197 g/mol. The van der Waals surface area contributed by atoms with E-state index in [0.717, 1.165) is 4.90 Å². The summed E-state index contributed by atoms with van der Waals surface area (Å²) in [5, 5.41) is 2.94. The smallest absolute Gasteiger partial charge is 0.336 e. The Labute approximate surface area is 80.3 Å². The van der Waals surface area contributed by atoms with Crippen LogP contribution >= 0.6 is 0 Å². The van der Waals surface area contributed by atoms with Crippen LogP contribution in [0.25, 0.3) is 0 Å². The lowest BCUT2D eigenvalue weighted by Gasteiger charge is -2.21. The van der Waals surface area contributed by atoms with E-state index in [1.165, 1.54) is 7.05 Å². The second-order valence-corrected chi connectivity index (χ2v) is 3.50. The van der Waals surface area contributed by atoms with Gasteiger partial charge in [-0.15, -0.1) is 0 Å². The normalized spacial score (nSPS) is 22.4. The molecule has 0 aromatic heterocycles. The lowest BCUT2D eigenvalue weighted by molar-refractivity contribution is -0.160. The van der Waals surface area contributed by atoms with E-state index in [9.17, 15) is 18.0 Å². The van der Waals surface area contributed by atoms with Crippen molar-refractivity contribution in [2.24, 2.45) is 5.92 Å². The van der Waals surface area contributed by atoms with Crippen LogP contribution in [-0.4, -0.2) is 43.7 Å². The van der Waals surface area contributed by atoms with Gasteiger partial charge in [-0.1, -0.05) is 0 Å². The Kier molecular flexibility index (Phi) is 3.36. The third kappa shape index (κ3) is 3.17. The van der Waals surface area contributed by atoms with Crippen molar-refractivity contribution in [2.45, 2.75) is 12.6 Å². The van der Waals surface area contributed by atoms with Crippen molar-refractivity contribution < 1.29 is 18.0 Å². The number of hydrogen-bond donors (Lipinski definition) is 1. The Morgan fingerprint density at radius 1 is 1.57 bits per heavy atom. The number of halogens is 3. The Bertz CT molecular complexity index is 211. The molecule has 1 rings (SSSR count). The van der Waals surface area contributed by atoms with Gasteiger partial charge in [-0.3, -0.25) is 4.79 Å². The highest BCUT2D eigenvalue weighted by atomic mass is 19.4. The first-order valence-corrected chi connectivity index (χ1v) is 4.42. The maximum absolute atomic E-state index is 11.9. The molecule has 1 heterocycles. The highest BCUT2D eigenvalue weighted by molar-refractivity contribution is 5.79. The first-order valence-electron chi connectivity index (χ1n) is 4.42. The van der Waals surface area contributed by atoms with Crippen LogP contribution in [0.5, 0.6) is 0 Å². The predicted octanol–water partition coefficient (Wildman–Crippen LogP) is 0.617. The van der Waals surface area contributed by atoms with E-state index in [0.29, 0.717) is 19.5 Å². The second-order valence-electron chi connectivity index (χ2n) is 3.50. The van der Waals surface area contributed by atoms with Gasteiger partial charge in [0, 0.05) is 13.6 Å². The number of nitrogens with one attached hydrogen (secondary N) is 1. The molecular formula is C8H13F3N2O. The Morgan fingerprint density at radius 3 is 2.64 bits per heavy atom. The van der Waals surface area contributed by atoms with Gasteiger partial charge >= 0.3 is 6.18 Å². The average molecular weight is 210 g/mol. The highest BCUT2D eigenvalue weighted by Gasteiger charge is 2.34. The van der Waals surface area contributed by atoms with Crippen LogP contribution in [0, 0.1) is 5.92 Å². The lowest BCUT2D eigenvalue weighted by Crippen LogP contribution is -2.40. The number of hydrogen-bond acceptors (Lipinski definition) is 2. The maximum Gasteiger partial charge on any atom is 0.406 e. The lowest BCUT2D eigenvalue weighted by atomic mass is 10.1. The van der Waals surface area contributed by atoms with Crippen molar-refractivity contribution in [1.29, 1.82) is 0 Å². The monoisotopic (exact) mass is 210 g/mol. The Hall–Kier alpha value is -0.780. The van der Waals surface area contributed by atoms with Crippen LogP contribution in [-0.2, 0) is 4.79 Å². The molecule has 1 amide bonds. The van der Waals surface area contributed by atoms with Crippen LogP contribution in [0.2, 0.25) is 0 Å². The molecule has 6 heteroatoms. The van der Waals surface area contributed by atoms with Gasteiger partial charge in [0.2, 0.25) is 5.91 Å². The summed E-state index contributed by atoms with van der Waals surface area (Å²) in [6, 6.07) is 0. The Morgan fingerprint density at radius 2 is 2.21 bits per heavy atom. The zero-order valence-electron chi connectivity index (χ0n) is 7.90. The first kappa shape index (κ1) is 11.3. The fraction of sp³-hybridized carbons (Fsp3) is 0.875. The van der Waals surface area contributed by atoms with Crippen LogP contribution < -0.4 is 5.32 Å². The van der Waals surface area contributed by atoms with Gasteiger partial charge in [-0.25, -0.2) is 0 Å². The SMILES string of the molecule is CN(CC(F)(F)F)C(=O)C1CCNC1. The number of alkyl halides is 3. The van der Waals surface area contributed by atoms with E-state index >= 15 is 0 Å². The standard InChI is InChI=1S/C8H13F3N2O/c1-13(5-8(9,10)11)7(14)6-2-3-12-4-6/h6,12H,2-5H2,1H3. The summed E-state index contributed by atoms with van der Waals surface area (Å²) in [6.45, 7) is 0.0274. The number of amides is 1. The molecule has 1 unspecified atom stereocenters. The highest BCUT2D eigenvalue weighted by Crippen LogP contribution is 2.18. The number of carbonyl (C=O) groups excluding carboxylic acids is 1. The van der Waals surface area contributed by atoms with Crippen molar-refractivity contribution in [3.05, 3.63) is 0 Å². The quantitative estimate of drug-likeness (QED) is 0.724. The molecule has 0 bridgehead atoms. The van der Waals surface area contributed by atoms with Crippen LogP contribution in [0.4, 0.5) is 13.2 Å². The third-order valence-electron chi connectivity index (χ3n) is 2.20. The Balaban J connectivity index is 2.43. The minimum absolute atomic E-state index is 0.289. The van der Waals surface area contributed by atoms with Gasteiger partial charge in [0.05, 0.1) is 5.92 Å². The molecule has 3 nitrogen and oxygen atoms in total. The molecule has 1 N–H and O–H groups in total. The fourth-order valence-corrected chi connectivity index (χ4v) is 1.52. The van der Waals surface area contributed by atoms with E-state index in [1.54, 1.807) is 0 Å². The van der Waals surface area contributed by atoms with Crippen molar-refractivity contribution in [3.63, 3.8) is 0 Å². The summed E-state index contributed by atoms with van der Waals surface area (Å²) in [5.74, 6) is -0.713. The first-order chi connectivity index (χ1) is 6.40. The number of carbonyl (C=O) groups is 1. The predicted molar refractivity (Wildman–Crippen MR) is 44.7 cm³/mol. The van der Waals surface area contributed by atoms with Gasteiger partial charge in [-0.05, 0) is 13.0 Å². The van der Waals surface area contributed by atoms with Gasteiger partial charge < -0.3 is 10.2 Å². The van der Waals surface area contributed by atoms with E-state index in [1.807, 2.05) is 0 Å². The molecule has 0 aliphatic carbocycles. The molecule has 1 aliphatic heterocycles. The van der Waals surface area contributed by atoms with Crippen molar-refractivity contribution in [3.8, 4) is 0 Å². The van der Waals surface area contributed by atoms with Gasteiger partial charge in [0.25, 0.3) is 0 Å². The van der Waals surface area contributed by atoms with Gasteiger partial charge in [0.1, 0.15) is 6.54 Å². The summed E-state index contributed by atoms with van der Waals surface area (Å²) in [4.78, 5) is 12.2. The summed E-state index contributed by atoms with van der Waals surface area (Å²) < 4.78 is 35.8. The molecule has 0 aromatic carbocycles. The maximum atomic E-state index is 11.9. The minimum Gasteiger partial charge on any atom is -0.336 e.